The summed E-state index contributed by atoms with van der Waals surface area (Å²) in [5.74, 6) is 0.109. The van der Waals surface area contributed by atoms with E-state index in [1.807, 2.05) is 0 Å². The van der Waals surface area contributed by atoms with Gasteiger partial charge in [0.1, 0.15) is 0 Å². The van der Waals surface area contributed by atoms with E-state index in [-0.39, 0.29) is 5.78 Å². The Morgan fingerprint density at radius 2 is 1.75 bits per heavy atom. The molecule has 1 aromatic rings. The van der Waals surface area contributed by atoms with Crippen molar-refractivity contribution in [1.82, 2.24) is 0 Å². The molecular weight excluding hydrogens is 195 g/mol. The number of carbonyl (C=O) groups excluding carboxylic acids is 1. The molecule has 1 aliphatic rings. The molecule has 2 rings (SSSR count). The van der Waals surface area contributed by atoms with Crippen LogP contribution < -0.4 is 0 Å². The molecule has 0 aromatic heterocycles. The third-order valence-electron chi connectivity index (χ3n) is 2.09. The van der Waals surface area contributed by atoms with E-state index in [2.05, 4.69) is 0 Å². The molecule has 0 N–H and O–H groups in total. The van der Waals surface area contributed by atoms with Gasteiger partial charge in [0.25, 0.3) is 0 Å². The first-order chi connectivity index (χ1) is 5.70. The van der Waals surface area contributed by atoms with Crippen LogP contribution in [0, 0.1) is 0 Å². The molecule has 3 heteroatoms. The molecular formula is C9H6Cl2O. The second kappa shape index (κ2) is 2.75. The van der Waals surface area contributed by atoms with E-state index in [1.54, 1.807) is 12.1 Å². The van der Waals surface area contributed by atoms with E-state index in [4.69, 9.17) is 23.2 Å². The van der Waals surface area contributed by atoms with Gasteiger partial charge in [0.15, 0.2) is 5.78 Å². The first-order valence-corrected chi connectivity index (χ1v) is 4.46. The smallest absolute Gasteiger partial charge is 0.165 e. The van der Waals surface area contributed by atoms with Gasteiger partial charge in [-0.05, 0) is 24.1 Å². The van der Waals surface area contributed by atoms with Crippen molar-refractivity contribution in [2.45, 2.75) is 12.8 Å². The standard InChI is InChI=1S/C9H6Cl2O/c10-6-2-3-7(11)9-5(6)1-4-8(9)12/h2-3H,1,4H2. The van der Waals surface area contributed by atoms with Crippen LogP contribution in [0.5, 0.6) is 0 Å². The van der Waals surface area contributed by atoms with Gasteiger partial charge in [0.05, 0.1) is 5.02 Å². The van der Waals surface area contributed by atoms with Crippen LogP contribution in [0.25, 0.3) is 0 Å². The summed E-state index contributed by atoms with van der Waals surface area (Å²) in [5.41, 5.74) is 1.54. The molecule has 1 nitrogen and oxygen atoms in total. The molecule has 0 saturated carbocycles. The highest BCUT2D eigenvalue weighted by atomic mass is 35.5. The number of rotatable bonds is 0. The molecule has 1 aromatic carbocycles. The number of halogens is 2. The lowest BCUT2D eigenvalue weighted by Gasteiger charge is -2.01. The summed E-state index contributed by atoms with van der Waals surface area (Å²) in [6.07, 6.45) is 1.27. The lowest BCUT2D eigenvalue weighted by molar-refractivity contribution is 0.0994. The van der Waals surface area contributed by atoms with Gasteiger partial charge in [-0.3, -0.25) is 4.79 Å². The van der Waals surface area contributed by atoms with Gasteiger partial charge < -0.3 is 0 Å². The Labute approximate surface area is 80.3 Å². The van der Waals surface area contributed by atoms with Crippen LogP contribution >= 0.6 is 23.2 Å². The molecule has 1 aliphatic carbocycles. The Balaban J connectivity index is 2.72. The maximum atomic E-state index is 11.3. The van der Waals surface area contributed by atoms with Crippen LogP contribution in [-0.2, 0) is 6.42 Å². The molecule has 0 atom stereocenters. The number of Topliss-reactive ketones (excluding diaryl/α,β-unsaturated/α-hetero) is 1. The van der Waals surface area contributed by atoms with Crippen LogP contribution in [-0.4, -0.2) is 5.78 Å². The highest BCUT2D eigenvalue weighted by molar-refractivity contribution is 6.37. The van der Waals surface area contributed by atoms with E-state index in [0.717, 1.165) is 12.0 Å². The van der Waals surface area contributed by atoms with Gasteiger partial charge >= 0.3 is 0 Å². The summed E-state index contributed by atoms with van der Waals surface area (Å²) in [6, 6.07) is 3.41. The number of carbonyl (C=O) groups is 1. The summed E-state index contributed by atoms with van der Waals surface area (Å²) >= 11 is 11.8. The predicted octanol–water partition coefficient (Wildman–Crippen LogP) is 3.12. The fraction of sp³-hybridized carbons (Fsp3) is 0.222. The Hall–Kier alpha value is -0.530. The molecule has 0 aliphatic heterocycles. The van der Waals surface area contributed by atoms with E-state index in [1.165, 1.54) is 0 Å². The van der Waals surface area contributed by atoms with Gasteiger partial charge in [-0.25, -0.2) is 0 Å². The molecule has 0 heterocycles. The van der Waals surface area contributed by atoms with Crippen LogP contribution in [0.3, 0.4) is 0 Å². The lowest BCUT2D eigenvalue weighted by Crippen LogP contribution is -1.92. The van der Waals surface area contributed by atoms with Crippen molar-refractivity contribution in [3.8, 4) is 0 Å². The molecule has 0 amide bonds. The lowest BCUT2D eigenvalue weighted by atomic mass is 10.1. The number of fused-ring (bicyclic) bond motifs is 1. The second-order valence-electron chi connectivity index (χ2n) is 2.81. The zero-order valence-corrected chi connectivity index (χ0v) is 7.74. The van der Waals surface area contributed by atoms with Crippen LogP contribution in [0.1, 0.15) is 22.3 Å². The number of ketones is 1. The summed E-state index contributed by atoms with van der Waals surface area (Å²) in [5, 5.41) is 1.18. The van der Waals surface area contributed by atoms with Crippen molar-refractivity contribution in [3.63, 3.8) is 0 Å². The molecule has 0 fully saturated rings. The van der Waals surface area contributed by atoms with Crippen molar-refractivity contribution in [3.05, 3.63) is 33.3 Å². The fourth-order valence-electron chi connectivity index (χ4n) is 1.50. The fourth-order valence-corrected chi connectivity index (χ4v) is 2.04. The minimum atomic E-state index is 0.109. The summed E-state index contributed by atoms with van der Waals surface area (Å²) in [7, 11) is 0. The second-order valence-corrected chi connectivity index (χ2v) is 3.62. The maximum absolute atomic E-state index is 11.3. The Morgan fingerprint density at radius 1 is 1.08 bits per heavy atom. The van der Waals surface area contributed by atoms with Crippen LogP contribution in [0.4, 0.5) is 0 Å². The highest BCUT2D eigenvalue weighted by Crippen LogP contribution is 2.33. The van der Waals surface area contributed by atoms with E-state index >= 15 is 0 Å². The molecule has 0 saturated heterocycles. The topological polar surface area (TPSA) is 17.1 Å². The first-order valence-electron chi connectivity index (χ1n) is 3.70. The van der Waals surface area contributed by atoms with Gasteiger partial charge in [0.2, 0.25) is 0 Å². The van der Waals surface area contributed by atoms with Gasteiger partial charge in [-0.15, -0.1) is 0 Å². The zero-order valence-electron chi connectivity index (χ0n) is 6.23. The summed E-state index contributed by atoms with van der Waals surface area (Å²) in [4.78, 5) is 11.3. The Morgan fingerprint density at radius 3 is 2.42 bits per heavy atom. The van der Waals surface area contributed by atoms with Gasteiger partial charge in [-0.1, -0.05) is 23.2 Å². The minimum Gasteiger partial charge on any atom is -0.294 e. The van der Waals surface area contributed by atoms with Crippen molar-refractivity contribution in [2.75, 3.05) is 0 Å². The van der Waals surface area contributed by atoms with Crippen LogP contribution in [0.15, 0.2) is 12.1 Å². The molecule has 12 heavy (non-hydrogen) atoms. The van der Waals surface area contributed by atoms with Crippen molar-refractivity contribution < 1.29 is 4.79 Å². The zero-order chi connectivity index (χ0) is 8.72. The van der Waals surface area contributed by atoms with Crippen molar-refractivity contribution in [1.29, 1.82) is 0 Å². The first kappa shape index (κ1) is 8.09. The molecule has 0 spiro atoms. The average molecular weight is 201 g/mol. The van der Waals surface area contributed by atoms with Gasteiger partial charge in [0, 0.05) is 17.0 Å². The molecule has 0 bridgehead atoms. The number of hydrogen-bond donors (Lipinski definition) is 0. The number of benzene rings is 1. The molecule has 62 valence electrons. The largest absolute Gasteiger partial charge is 0.294 e. The quantitative estimate of drug-likeness (QED) is 0.630. The van der Waals surface area contributed by atoms with E-state index in [0.29, 0.717) is 22.0 Å². The predicted molar refractivity (Wildman–Crippen MR) is 49.1 cm³/mol. The molecule has 0 radical (unpaired) electrons. The minimum absolute atomic E-state index is 0.109. The SMILES string of the molecule is O=C1CCc2c(Cl)ccc(Cl)c21. The third-order valence-corrected chi connectivity index (χ3v) is 2.75. The van der Waals surface area contributed by atoms with Crippen molar-refractivity contribution in [2.24, 2.45) is 0 Å². The maximum Gasteiger partial charge on any atom is 0.165 e. The summed E-state index contributed by atoms with van der Waals surface area (Å²) < 4.78 is 0. The molecule has 0 unspecified atom stereocenters. The summed E-state index contributed by atoms with van der Waals surface area (Å²) in [6.45, 7) is 0. The Bertz CT molecular complexity index is 358. The van der Waals surface area contributed by atoms with Gasteiger partial charge in [-0.2, -0.15) is 0 Å². The average Bonchev–Trinajstić information content (AvgIpc) is 2.42. The van der Waals surface area contributed by atoms with Crippen molar-refractivity contribution >= 4 is 29.0 Å². The van der Waals surface area contributed by atoms with E-state index < -0.39 is 0 Å². The normalized spacial score (nSPS) is 15.0. The van der Waals surface area contributed by atoms with Crippen LogP contribution in [0.2, 0.25) is 10.0 Å². The third kappa shape index (κ3) is 1.05. The van der Waals surface area contributed by atoms with E-state index in [9.17, 15) is 4.79 Å². The number of hydrogen-bond acceptors (Lipinski definition) is 1. The Kier molecular flexibility index (Phi) is 1.85. The highest BCUT2D eigenvalue weighted by Gasteiger charge is 2.24. The monoisotopic (exact) mass is 200 g/mol.